The van der Waals surface area contributed by atoms with Gasteiger partial charge >= 0.3 is 5.97 Å². The van der Waals surface area contributed by atoms with E-state index in [0.717, 1.165) is 12.1 Å². The summed E-state index contributed by atoms with van der Waals surface area (Å²) in [4.78, 5) is 10.7. The van der Waals surface area contributed by atoms with Gasteiger partial charge in [-0.05, 0) is 12.1 Å². The minimum Gasteiger partial charge on any atom is -0.479 e. The van der Waals surface area contributed by atoms with Crippen molar-refractivity contribution in [2.45, 2.75) is 19.0 Å². The molecule has 1 unspecified atom stereocenters. The minimum absolute atomic E-state index is 0.00400. The van der Waals surface area contributed by atoms with Crippen molar-refractivity contribution in [2.24, 2.45) is 0 Å². The average Bonchev–Trinajstić information content (AvgIpc) is 2.73. The fourth-order valence-corrected chi connectivity index (χ4v) is 1.63. The highest BCUT2D eigenvalue weighted by molar-refractivity contribution is 5.76. The van der Waals surface area contributed by atoms with E-state index in [1.807, 2.05) is 0 Å². The first-order chi connectivity index (χ1) is 8.30. The van der Waals surface area contributed by atoms with Crippen LogP contribution in [0.1, 0.15) is 24.2 Å². The number of hydrogen-bond acceptors (Lipinski definition) is 4. The number of carbonyl (C=O) groups is 1. The highest BCUT2D eigenvalue weighted by Gasteiger charge is 2.33. The third-order valence-electron chi connectivity index (χ3n) is 2.54. The summed E-state index contributed by atoms with van der Waals surface area (Å²) < 4.78 is 36.4. The Labute approximate surface area is 101 Å². The Balaban J connectivity index is 2.57. The van der Waals surface area contributed by atoms with Gasteiger partial charge in [-0.15, -0.1) is 0 Å². The van der Waals surface area contributed by atoms with E-state index in [1.165, 1.54) is 0 Å². The number of benzene rings is 1. The van der Waals surface area contributed by atoms with Crippen molar-refractivity contribution in [2.75, 3.05) is 6.79 Å². The number of aliphatic carboxylic acids is 1. The number of halogens is 2. The van der Waals surface area contributed by atoms with Crippen LogP contribution in [0.25, 0.3) is 0 Å². The van der Waals surface area contributed by atoms with Gasteiger partial charge in [0.15, 0.2) is 17.6 Å². The molecule has 1 atom stereocenters. The van der Waals surface area contributed by atoms with Crippen LogP contribution in [-0.2, 0) is 10.7 Å². The molecule has 7 heteroatoms. The molecule has 0 saturated heterocycles. The van der Waals surface area contributed by atoms with Crippen molar-refractivity contribution in [3.63, 3.8) is 0 Å². The van der Waals surface area contributed by atoms with E-state index in [1.54, 1.807) is 0 Å². The molecule has 0 saturated carbocycles. The van der Waals surface area contributed by atoms with Crippen LogP contribution in [0.3, 0.4) is 0 Å². The molecule has 0 aliphatic carbocycles. The van der Waals surface area contributed by atoms with Gasteiger partial charge in [-0.1, -0.05) is 0 Å². The van der Waals surface area contributed by atoms with Crippen LogP contribution in [-0.4, -0.2) is 23.0 Å². The van der Waals surface area contributed by atoms with E-state index in [-0.39, 0.29) is 23.9 Å². The van der Waals surface area contributed by atoms with Crippen molar-refractivity contribution >= 4 is 5.97 Å². The SMILES string of the molecule is CC(F)(F)c1cc2c(c(C(O)C(=O)O)c1)OCO2. The maximum Gasteiger partial charge on any atom is 0.337 e. The molecule has 1 aliphatic rings. The van der Waals surface area contributed by atoms with E-state index < -0.39 is 23.6 Å². The number of alkyl halides is 2. The highest BCUT2D eigenvalue weighted by Crippen LogP contribution is 2.43. The van der Waals surface area contributed by atoms with Gasteiger partial charge < -0.3 is 19.7 Å². The third kappa shape index (κ3) is 2.08. The predicted molar refractivity (Wildman–Crippen MR) is 54.7 cm³/mol. The van der Waals surface area contributed by atoms with Crippen LogP contribution in [0.5, 0.6) is 11.5 Å². The number of carboxylic acids is 1. The molecule has 1 aliphatic heterocycles. The Hall–Kier alpha value is -1.89. The lowest BCUT2D eigenvalue weighted by molar-refractivity contribution is -0.147. The van der Waals surface area contributed by atoms with E-state index in [4.69, 9.17) is 14.6 Å². The quantitative estimate of drug-likeness (QED) is 0.864. The monoisotopic (exact) mass is 260 g/mol. The number of ether oxygens (including phenoxy) is 2. The molecule has 2 rings (SSSR count). The second kappa shape index (κ2) is 4.09. The Morgan fingerprint density at radius 3 is 2.67 bits per heavy atom. The van der Waals surface area contributed by atoms with Gasteiger partial charge in [-0.3, -0.25) is 0 Å². The highest BCUT2D eigenvalue weighted by atomic mass is 19.3. The normalized spacial score (nSPS) is 15.6. The van der Waals surface area contributed by atoms with Gasteiger partial charge in [0.05, 0.1) is 0 Å². The molecule has 2 N–H and O–H groups in total. The number of fused-ring (bicyclic) bond motifs is 1. The summed E-state index contributed by atoms with van der Waals surface area (Å²) in [7, 11) is 0. The molecule has 1 aromatic carbocycles. The van der Waals surface area contributed by atoms with E-state index in [0.29, 0.717) is 6.92 Å². The van der Waals surface area contributed by atoms with Crippen molar-refractivity contribution in [3.05, 3.63) is 23.3 Å². The molecule has 0 spiro atoms. The number of carboxylic acid groups (broad SMARTS) is 1. The Morgan fingerprint density at radius 1 is 1.44 bits per heavy atom. The lowest BCUT2D eigenvalue weighted by Crippen LogP contribution is -2.14. The molecule has 0 aromatic heterocycles. The second-order valence-electron chi connectivity index (χ2n) is 3.93. The van der Waals surface area contributed by atoms with Gasteiger partial charge in [0, 0.05) is 18.1 Å². The molecular weight excluding hydrogens is 250 g/mol. The second-order valence-corrected chi connectivity index (χ2v) is 3.93. The van der Waals surface area contributed by atoms with Crippen molar-refractivity contribution in [3.8, 4) is 11.5 Å². The third-order valence-corrected chi connectivity index (χ3v) is 2.54. The molecule has 0 radical (unpaired) electrons. The molecule has 0 fully saturated rings. The maximum absolute atomic E-state index is 13.2. The molecule has 0 bridgehead atoms. The Kier molecular flexibility index (Phi) is 2.86. The fourth-order valence-electron chi connectivity index (χ4n) is 1.63. The topological polar surface area (TPSA) is 76.0 Å². The minimum atomic E-state index is -3.17. The number of hydrogen-bond donors (Lipinski definition) is 2. The van der Waals surface area contributed by atoms with Crippen LogP contribution in [0.2, 0.25) is 0 Å². The summed E-state index contributed by atoms with van der Waals surface area (Å²) in [6.45, 7) is 0.467. The molecule has 0 amide bonds. The molecule has 98 valence electrons. The average molecular weight is 260 g/mol. The number of aliphatic hydroxyl groups is 1. The summed E-state index contributed by atoms with van der Waals surface area (Å²) in [6.07, 6.45) is -1.94. The molecule has 1 aromatic rings. The van der Waals surface area contributed by atoms with E-state index in [2.05, 4.69) is 0 Å². The van der Waals surface area contributed by atoms with Crippen LogP contribution in [0, 0.1) is 0 Å². The van der Waals surface area contributed by atoms with Gasteiger partial charge in [-0.2, -0.15) is 0 Å². The Morgan fingerprint density at radius 2 is 2.11 bits per heavy atom. The lowest BCUT2D eigenvalue weighted by atomic mass is 10.0. The summed E-state index contributed by atoms with van der Waals surface area (Å²) in [5, 5.41) is 18.2. The molecule has 18 heavy (non-hydrogen) atoms. The van der Waals surface area contributed by atoms with Crippen LogP contribution < -0.4 is 9.47 Å². The summed E-state index contributed by atoms with van der Waals surface area (Å²) in [5.74, 6) is -4.74. The zero-order valence-corrected chi connectivity index (χ0v) is 9.31. The van der Waals surface area contributed by atoms with E-state index >= 15 is 0 Å². The van der Waals surface area contributed by atoms with Gasteiger partial charge in [-0.25, -0.2) is 13.6 Å². The van der Waals surface area contributed by atoms with Crippen molar-refractivity contribution in [1.82, 2.24) is 0 Å². The predicted octanol–water partition coefficient (Wildman–Crippen LogP) is 1.64. The van der Waals surface area contributed by atoms with E-state index in [9.17, 15) is 18.7 Å². The molecule has 5 nitrogen and oxygen atoms in total. The number of aliphatic hydroxyl groups excluding tert-OH is 1. The maximum atomic E-state index is 13.2. The Bertz CT molecular complexity index is 495. The number of rotatable bonds is 3. The molecular formula is C11H10F2O5. The van der Waals surface area contributed by atoms with Crippen molar-refractivity contribution in [1.29, 1.82) is 0 Å². The summed E-state index contributed by atoms with van der Waals surface area (Å²) in [6, 6.07) is 1.98. The first-order valence-corrected chi connectivity index (χ1v) is 5.03. The summed E-state index contributed by atoms with van der Waals surface area (Å²) >= 11 is 0. The first kappa shape index (κ1) is 12.6. The molecule has 1 heterocycles. The van der Waals surface area contributed by atoms with Crippen LogP contribution in [0.15, 0.2) is 12.1 Å². The zero-order valence-electron chi connectivity index (χ0n) is 9.31. The van der Waals surface area contributed by atoms with Gasteiger partial charge in [0.1, 0.15) is 0 Å². The first-order valence-electron chi connectivity index (χ1n) is 5.03. The smallest absolute Gasteiger partial charge is 0.337 e. The fraction of sp³-hybridized carbons (Fsp3) is 0.364. The zero-order chi connectivity index (χ0) is 13.5. The van der Waals surface area contributed by atoms with Crippen molar-refractivity contribution < 1.29 is 33.3 Å². The summed E-state index contributed by atoms with van der Waals surface area (Å²) in [5.41, 5.74) is -0.684. The van der Waals surface area contributed by atoms with Crippen LogP contribution in [0.4, 0.5) is 8.78 Å². The van der Waals surface area contributed by atoms with Gasteiger partial charge in [0.25, 0.3) is 5.92 Å². The largest absolute Gasteiger partial charge is 0.479 e. The standard InChI is InChI=1S/C11H10F2O5/c1-11(12,13)5-2-6(8(14)10(15)16)9-7(3-5)17-4-18-9/h2-3,8,14H,4H2,1H3,(H,15,16). The van der Waals surface area contributed by atoms with Gasteiger partial charge in [0.2, 0.25) is 6.79 Å². The van der Waals surface area contributed by atoms with Crippen LogP contribution >= 0.6 is 0 Å². The lowest BCUT2D eigenvalue weighted by Gasteiger charge is -2.15.